The van der Waals surface area contributed by atoms with Gasteiger partial charge in [-0.3, -0.25) is 10.2 Å². The number of carbonyl (C=O) groups excluding carboxylic acids is 1. The Morgan fingerprint density at radius 2 is 1.86 bits per heavy atom. The van der Waals surface area contributed by atoms with Crippen LogP contribution in [0.15, 0.2) is 77.7 Å². The molecule has 0 unspecified atom stereocenters. The highest BCUT2D eigenvalue weighted by molar-refractivity contribution is 7.89. The Kier molecular flexibility index (Phi) is 7.36. The molecule has 3 aliphatic rings. The molecular formula is C30H31N5O5S2. The molecule has 1 aromatic heterocycles. The lowest BCUT2D eigenvalue weighted by Crippen LogP contribution is -2.52. The fraction of sp³-hybridized carbons (Fsp3) is 0.300. The molecule has 1 saturated carbocycles. The van der Waals surface area contributed by atoms with Crippen molar-refractivity contribution in [3.63, 3.8) is 0 Å². The van der Waals surface area contributed by atoms with Crippen molar-refractivity contribution in [1.29, 1.82) is 5.41 Å². The van der Waals surface area contributed by atoms with Gasteiger partial charge < -0.3 is 20.9 Å². The number of hydrogen-bond donors (Lipinski definition) is 5. The molecule has 1 atom stereocenters. The Morgan fingerprint density at radius 3 is 2.60 bits per heavy atom. The summed E-state index contributed by atoms with van der Waals surface area (Å²) in [5, 5.41) is 20.8. The number of nitrogens with two attached hydrogens (primary N) is 1. The van der Waals surface area contributed by atoms with Crippen LogP contribution in [-0.2, 0) is 21.2 Å². The van der Waals surface area contributed by atoms with Gasteiger partial charge >= 0.3 is 0 Å². The molecule has 1 aliphatic carbocycles. The summed E-state index contributed by atoms with van der Waals surface area (Å²) in [5.74, 6) is -0.477. The third-order valence-corrected chi connectivity index (χ3v) is 10.6. The van der Waals surface area contributed by atoms with E-state index in [0.717, 1.165) is 15.8 Å². The van der Waals surface area contributed by atoms with Gasteiger partial charge in [0.25, 0.3) is 5.91 Å². The minimum atomic E-state index is -4.08. The molecule has 3 heterocycles. The number of aliphatic hydroxyl groups is 1. The molecule has 42 heavy (non-hydrogen) atoms. The second-order valence-electron chi connectivity index (χ2n) is 11.2. The maximum Gasteiger partial charge on any atom is 0.251 e. The van der Waals surface area contributed by atoms with Crippen LogP contribution in [0, 0.1) is 10.8 Å². The summed E-state index contributed by atoms with van der Waals surface area (Å²) in [6.45, 7) is 0.839. The first-order valence-corrected chi connectivity index (χ1v) is 15.8. The van der Waals surface area contributed by atoms with Gasteiger partial charge in [0.1, 0.15) is 10.8 Å². The average Bonchev–Trinajstić information content (AvgIpc) is 3.68. The van der Waals surface area contributed by atoms with Crippen molar-refractivity contribution in [2.24, 2.45) is 11.1 Å². The predicted molar refractivity (Wildman–Crippen MR) is 160 cm³/mol. The number of fused-ring (bicyclic) bond motifs is 2. The van der Waals surface area contributed by atoms with Crippen LogP contribution in [0.3, 0.4) is 0 Å². The number of nitrogens with zero attached hydrogens (tertiary/aromatic N) is 1. The van der Waals surface area contributed by atoms with Crippen molar-refractivity contribution in [3.8, 4) is 0 Å². The molecule has 1 amide bonds. The minimum Gasteiger partial charge on any atom is -0.396 e. The van der Waals surface area contributed by atoms with E-state index in [9.17, 15) is 18.3 Å². The van der Waals surface area contributed by atoms with Crippen LogP contribution in [0.4, 0.5) is 0 Å². The van der Waals surface area contributed by atoms with E-state index in [0.29, 0.717) is 36.6 Å². The van der Waals surface area contributed by atoms with E-state index in [1.807, 2.05) is 30.3 Å². The fourth-order valence-electron chi connectivity index (χ4n) is 5.88. The number of hydrogen-bond acceptors (Lipinski definition) is 8. The molecule has 3 fully saturated rings. The average molecular weight is 606 g/mol. The maximum atomic E-state index is 13.7. The molecular weight excluding hydrogens is 574 g/mol. The van der Waals surface area contributed by atoms with Gasteiger partial charge in [0, 0.05) is 23.1 Å². The van der Waals surface area contributed by atoms with Crippen molar-refractivity contribution in [1.82, 2.24) is 15.0 Å². The van der Waals surface area contributed by atoms with Crippen LogP contribution in [0.5, 0.6) is 0 Å². The summed E-state index contributed by atoms with van der Waals surface area (Å²) < 4.78 is 37.0. The minimum absolute atomic E-state index is 0.0445. The van der Waals surface area contributed by atoms with E-state index >= 15 is 0 Å². The number of nitrogens with one attached hydrogen (secondary N) is 3. The quantitative estimate of drug-likeness (QED) is 0.129. The fourth-order valence-corrected chi connectivity index (χ4v) is 8.22. The number of thiazole rings is 1. The molecule has 7 rings (SSSR count). The zero-order valence-corrected chi connectivity index (χ0v) is 24.3. The molecule has 2 aliphatic heterocycles. The molecule has 2 saturated heterocycles. The van der Waals surface area contributed by atoms with E-state index < -0.39 is 27.6 Å². The van der Waals surface area contributed by atoms with Crippen molar-refractivity contribution in [3.05, 3.63) is 94.5 Å². The van der Waals surface area contributed by atoms with Gasteiger partial charge in [0.05, 0.1) is 40.0 Å². The summed E-state index contributed by atoms with van der Waals surface area (Å²) in [7, 11) is -4.08. The first-order chi connectivity index (χ1) is 20.1. The van der Waals surface area contributed by atoms with Crippen LogP contribution in [-0.4, -0.2) is 55.6 Å². The van der Waals surface area contributed by atoms with Gasteiger partial charge in [-0.1, -0.05) is 36.4 Å². The van der Waals surface area contributed by atoms with Crippen LogP contribution < -0.4 is 15.8 Å². The van der Waals surface area contributed by atoms with E-state index in [-0.39, 0.29) is 34.7 Å². The monoisotopic (exact) mass is 605 g/mol. The van der Waals surface area contributed by atoms with Gasteiger partial charge in [-0.15, -0.1) is 11.3 Å². The highest BCUT2D eigenvalue weighted by Gasteiger charge is 2.62. The molecule has 218 valence electrons. The number of ether oxygens (including phenoxy) is 1. The van der Waals surface area contributed by atoms with E-state index in [1.54, 1.807) is 24.3 Å². The van der Waals surface area contributed by atoms with Crippen molar-refractivity contribution >= 4 is 43.3 Å². The zero-order valence-electron chi connectivity index (χ0n) is 22.7. The SMILES string of the molecule is N=C(N)c1cccc(C[C@@H](NS(=O)(=O)c2cccc(C(=O)NCC34CC(CO)(CO3)C4)c2)c2nc3ccccc3s2)c1. The van der Waals surface area contributed by atoms with Crippen molar-refractivity contribution < 1.29 is 23.1 Å². The van der Waals surface area contributed by atoms with E-state index in [4.69, 9.17) is 20.9 Å². The van der Waals surface area contributed by atoms with Crippen LogP contribution in [0.25, 0.3) is 10.2 Å². The summed E-state index contributed by atoms with van der Waals surface area (Å²) >= 11 is 1.41. The van der Waals surface area contributed by atoms with Gasteiger partial charge in [0.2, 0.25) is 10.0 Å². The number of carbonyl (C=O) groups is 1. The lowest BCUT2D eigenvalue weighted by atomic mass is 9.63. The molecule has 4 aromatic rings. The van der Waals surface area contributed by atoms with Gasteiger partial charge in [0.15, 0.2) is 0 Å². The highest BCUT2D eigenvalue weighted by atomic mass is 32.2. The third kappa shape index (κ3) is 5.55. The van der Waals surface area contributed by atoms with E-state index in [2.05, 4.69) is 10.0 Å². The summed E-state index contributed by atoms with van der Waals surface area (Å²) in [6.07, 6.45) is 1.66. The number of nitrogen functional groups attached to an aromatic ring is 1. The molecule has 12 heteroatoms. The Labute approximate surface area is 247 Å². The molecule has 3 aromatic carbocycles. The Balaban J connectivity index is 1.23. The smallest absolute Gasteiger partial charge is 0.251 e. The summed E-state index contributed by atoms with van der Waals surface area (Å²) in [4.78, 5) is 17.7. The molecule has 2 bridgehead atoms. The number of amides is 1. The standard InChI is InChI=1S/C30H31N5O5S2/c31-26(32)20-6-3-5-19(11-20)12-24(28-34-23-9-1-2-10-25(23)41-28)35-42(38,39)22-8-4-7-21(13-22)27(37)33-16-30-14-29(15-30,17-36)18-40-30/h1-11,13,24,35-36H,12,14-18H2,(H3,31,32)(H,33,37)/t24-,29?,30?/m1/s1. The molecule has 6 N–H and O–H groups in total. The lowest BCUT2D eigenvalue weighted by Gasteiger charge is -2.43. The van der Waals surface area contributed by atoms with Crippen molar-refractivity contribution in [2.75, 3.05) is 19.8 Å². The first kappa shape index (κ1) is 28.4. The summed E-state index contributed by atoms with van der Waals surface area (Å²) in [5.41, 5.74) is 7.34. The zero-order chi connectivity index (χ0) is 29.5. The second kappa shape index (κ2) is 10.9. The number of aromatic nitrogens is 1. The second-order valence-corrected chi connectivity index (χ2v) is 14.0. The van der Waals surface area contributed by atoms with Gasteiger partial charge in [-0.05, 0) is 61.2 Å². The Morgan fingerprint density at radius 1 is 1.10 bits per heavy atom. The van der Waals surface area contributed by atoms with Crippen LogP contribution in [0.1, 0.15) is 45.4 Å². The van der Waals surface area contributed by atoms with Crippen molar-refractivity contribution in [2.45, 2.75) is 35.8 Å². The van der Waals surface area contributed by atoms with Crippen LogP contribution >= 0.6 is 11.3 Å². The van der Waals surface area contributed by atoms with E-state index in [1.165, 1.54) is 29.5 Å². The molecule has 0 radical (unpaired) electrons. The van der Waals surface area contributed by atoms with Gasteiger partial charge in [-0.25, -0.2) is 18.1 Å². The number of amidine groups is 1. The third-order valence-electron chi connectivity index (χ3n) is 7.98. The number of aliphatic hydroxyl groups excluding tert-OH is 1. The largest absolute Gasteiger partial charge is 0.396 e. The lowest BCUT2D eigenvalue weighted by molar-refractivity contribution is -0.0256. The predicted octanol–water partition coefficient (Wildman–Crippen LogP) is 3.11. The highest BCUT2D eigenvalue weighted by Crippen LogP contribution is 2.57. The first-order valence-electron chi connectivity index (χ1n) is 13.5. The Hall–Kier alpha value is -3.68. The summed E-state index contributed by atoms with van der Waals surface area (Å²) in [6, 6.07) is 19.9. The number of sulfonamides is 1. The number of benzene rings is 3. The number of para-hydroxylation sites is 1. The maximum absolute atomic E-state index is 13.7. The van der Waals surface area contributed by atoms with Crippen LogP contribution in [0.2, 0.25) is 0 Å². The topological polar surface area (TPSA) is 167 Å². The normalized spacial score (nSPS) is 22.0. The molecule has 10 nitrogen and oxygen atoms in total. The molecule has 0 spiro atoms. The Bertz CT molecular complexity index is 1750. The van der Waals surface area contributed by atoms with Gasteiger partial charge in [-0.2, -0.15) is 0 Å². The number of rotatable bonds is 11.